The van der Waals surface area contributed by atoms with Gasteiger partial charge in [-0.15, -0.1) is 0 Å². The average Bonchev–Trinajstić information content (AvgIpc) is 2.74. The number of ether oxygens (including phenoxy) is 1. The molecule has 2 aromatic carbocycles. The molecule has 1 nitrogen and oxygen atoms in total. The molecular weight excluding hydrogens is 397 g/mol. The van der Waals surface area contributed by atoms with E-state index >= 15 is 4.39 Å². The summed E-state index contributed by atoms with van der Waals surface area (Å²) >= 11 is 0. The van der Waals surface area contributed by atoms with Crippen LogP contribution in [-0.4, -0.2) is 6.11 Å². The third-order valence-electron chi connectivity index (χ3n) is 7.04. The van der Waals surface area contributed by atoms with Crippen LogP contribution < -0.4 is 0 Å². The van der Waals surface area contributed by atoms with Gasteiger partial charge < -0.3 is 4.74 Å². The minimum Gasteiger partial charge on any atom is -0.312 e. The Balaban J connectivity index is 1.58. The third kappa shape index (κ3) is 4.69. The molecule has 0 radical (unpaired) electrons. The number of unbranched alkanes of at least 4 members (excludes halogenated alkanes) is 2. The fraction of sp³-hybridized carbons (Fsp3) is 0.556. The molecule has 31 heavy (non-hydrogen) atoms. The molecule has 2 aliphatic rings. The summed E-state index contributed by atoms with van der Waals surface area (Å²) < 4.78 is 50.2. The molecule has 0 saturated carbocycles. The highest BCUT2D eigenvalue weighted by molar-refractivity contribution is 5.66. The molecule has 1 fully saturated rings. The minimum atomic E-state index is -3.19. The molecule has 0 bridgehead atoms. The van der Waals surface area contributed by atoms with E-state index in [1.54, 1.807) is 0 Å². The van der Waals surface area contributed by atoms with Crippen molar-refractivity contribution in [3.63, 3.8) is 0 Å². The Labute approximate surface area is 184 Å². The molecule has 0 N–H and O–H groups in total. The van der Waals surface area contributed by atoms with Crippen LogP contribution in [0.4, 0.5) is 13.2 Å². The SMILES string of the molecule is CCCCCC1CC2CCc3cc(-c4ccc(CCC)cc4)cc(F)c3C2OC1(F)F. The van der Waals surface area contributed by atoms with Gasteiger partial charge in [0.25, 0.3) is 0 Å². The fourth-order valence-electron chi connectivity index (χ4n) is 5.34. The molecule has 0 amide bonds. The standard InChI is InChI=1S/C27H33F3O/c1-3-5-6-8-23-16-21-14-13-20-15-22(19-11-9-18(7-4-2)10-12-19)17-24(28)25(20)26(21)31-27(23,29)30/h9-12,15,17,21,23,26H,3-8,13-14,16H2,1-2H3. The topological polar surface area (TPSA) is 9.23 Å². The summed E-state index contributed by atoms with van der Waals surface area (Å²) in [4.78, 5) is 0. The third-order valence-corrected chi connectivity index (χ3v) is 7.04. The lowest BCUT2D eigenvalue weighted by Gasteiger charge is -2.44. The maximum Gasteiger partial charge on any atom is 0.359 e. The highest BCUT2D eigenvalue weighted by atomic mass is 19.3. The molecule has 1 aliphatic carbocycles. The lowest BCUT2D eigenvalue weighted by molar-refractivity contribution is -0.332. The van der Waals surface area contributed by atoms with Crippen molar-refractivity contribution in [2.45, 2.75) is 83.8 Å². The molecule has 0 aromatic heterocycles. The van der Waals surface area contributed by atoms with Crippen molar-refractivity contribution in [3.05, 3.63) is 58.9 Å². The van der Waals surface area contributed by atoms with Crippen molar-refractivity contribution in [3.8, 4) is 11.1 Å². The molecule has 3 unspecified atom stereocenters. The van der Waals surface area contributed by atoms with Gasteiger partial charge in [0.2, 0.25) is 0 Å². The molecule has 2 aromatic rings. The van der Waals surface area contributed by atoms with E-state index in [4.69, 9.17) is 4.74 Å². The van der Waals surface area contributed by atoms with Crippen LogP contribution >= 0.6 is 0 Å². The van der Waals surface area contributed by atoms with Gasteiger partial charge in [0, 0.05) is 5.56 Å². The van der Waals surface area contributed by atoms with Crippen molar-refractivity contribution in [1.82, 2.24) is 0 Å². The van der Waals surface area contributed by atoms with Crippen molar-refractivity contribution in [1.29, 1.82) is 0 Å². The van der Waals surface area contributed by atoms with Gasteiger partial charge in [-0.1, -0.05) is 69.9 Å². The second kappa shape index (κ2) is 9.36. The summed E-state index contributed by atoms with van der Waals surface area (Å²) in [5.41, 5.74) is 4.19. The number of fused-ring (bicyclic) bond motifs is 3. The zero-order valence-corrected chi connectivity index (χ0v) is 18.6. The Kier molecular flexibility index (Phi) is 6.76. The zero-order valence-electron chi connectivity index (χ0n) is 18.6. The summed E-state index contributed by atoms with van der Waals surface area (Å²) in [6, 6.07) is 11.7. The van der Waals surface area contributed by atoms with Crippen LogP contribution in [0, 0.1) is 17.7 Å². The van der Waals surface area contributed by atoms with E-state index in [1.165, 1.54) is 11.6 Å². The molecule has 0 spiro atoms. The molecule has 4 rings (SSSR count). The summed E-state index contributed by atoms with van der Waals surface area (Å²) in [7, 11) is 0. The van der Waals surface area contributed by atoms with Gasteiger partial charge in [-0.05, 0) is 66.3 Å². The number of rotatable bonds is 7. The summed E-state index contributed by atoms with van der Waals surface area (Å²) in [5, 5.41) is 0. The maximum atomic E-state index is 15.3. The highest BCUT2D eigenvalue weighted by Gasteiger charge is 2.52. The Morgan fingerprint density at radius 1 is 1.00 bits per heavy atom. The van der Waals surface area contributed by atoms with Crippen molar-refractivity contribution >= 4 is 0 Å². The van der Waals surface area contributed by atoms with Crippen LogP contribution in [0.1, 0.15) is 81.6 Å². The number of aryl methyl sites for hydroxylation is 2. The van der Waals surface area contributed by atoms with Crippen LogP contribution in [0.2, 0.25) is 0 Å². The lowest BCUT2D eigenvalue weighted by atomic mass is 9.73. The normalized spacial score (nSPS) is 24.5. The first kappa shape index (κ1) is 22.4. The molecule has 1 saturated heterocycles. The predicted molar refractivity (Wildman–Crippen MR) is 119 cm³/mol. The molecule has 1 heterocycles. The Hall–Kier alpha value is -1.81. The molecule has 3 atom stereocenters. The van der Waals surface area contributed by atoms with E-state index in [0.29, 0.717) is 24.8 Å². The van der Waals surface area contributed by atoms with E-state index < -0.39 is 23.9 Å². The van der Waals surface area contributed by atoms with Gasteiger partial charge in [-0.2, -0.15) is 8.78 Å². The van der Waals surface area contributed by atoms with Gasteiger partial charge in [0.1, 0.15) is 5.82 Å². The highest BCUT2D eigenvalue weighted by Crippen LogP contribution is 2.52. The Morgan fingerprint density at radius 3 is 2.48 bits per heavy atom. The second-order valence-electron chi connectivity index (χ2n) is 9.31. The van der Waals surface area contributed by atoms with Crippen LogP contribution in [0.15, 0.2) is 36.4 Å². The first-order chi connectivity index (χ1) is 14.9. The lowest BCUT2D eigenvalue weighted by Crippen LogP contribution is -2.44. The molecule has 168 valence electrons. The smallest absolute Gasteiger partial charge is 0.312 e. The van der Waals surface area contributed by atoms with E-state index in [9.17, 15) is 8.78 Å². The summed E-state index contributed by atoms with van der Waals surface area (Å²) in [6.45, 7) is 4.21. The monoisotopic (exact) mass is 430 g/mol. The average molecular weight is 431 g/mol. The largest absolute Gasteiger partial charge is 0.359 e. The number of halogens is 3. The molecular formula is C27H33F3O. The van der Waals surface area contributed by atoms with E-state index in [0.717, 1.165) is 55.2 Å². The van der Waals surface area contributed by atoms with Gasteiger partial charge in [-0.3, -0.25) is 0 Å². The van der Waals surface area contributed by atoms with Crippen LogP contribution in [0.25, 0.3) is 11.1 Å². The van der Waals surface area contributed by atoms with Crippen LogP contribution in [0.3, 0.4) is 0 Å². The Bertz CT molecular complexity index is 890. The van der Waals surface area contributed by atoms with Gasteiger partial charge in [0.05, 0.1) is 12.0 Å². The zero-order chi connectivity index (χ0) is 22.0. The molecule has 4 heteroatoms. The van der Waals surface area contributed by atoms with Crippen molar-refractivity contribution in [2.24, 2.45) is 11.8 Å². The predicted octanol–water partition coefficient (Wildman–Crippen LogP) is 8.26. The quantitative estimate of drug-likeness (QED) is 0.402. The number of hydrogen-bond acceptors (Lipinski definition) is 1. The van der Waals surface area contributed by atoms with Crippen LogP contribution in [-0.2, 0) is 17.6 Å². The first-order valence-electron chi connectivity index (χ1n) is 11.9. The number of alkyl halides is 2. The summed E-state index contributed by atoms with van der Waals surface area (Å²) in [6.07, 6.45) is 3.21. The summed E-state index contributed by atoms with van der Waals surface area (Å²) in [5.74, 6) is -1.21. The maximum absolute atomic E-state index is 15.3. The first-order valence-corrected chi connectivity index (χ1v) is 11.9. The number of hydrogen-bond donors (Lipinski definition) is 0. The van der Waals surface area contributed by atoms with Gasteiger partial charge >= 0.3 is 6.11 Å². The van der Waals surface area contributed by atoms with Crippen molar-refractivity contribution < 1.29 is 17.9 Å². The van der Waals surface area contributed by atoms with Crippen molar-refractivity contribution in [2.75, 3.05) is 0 Å². The Morgan fingerprint density at radius 2 is 1.77 bits per heavy atom. The van der Waals surface area contributed by atoms with E-state index in [2.05, 4.69) is 26.0 Å². The number of benzene rings is 2. The fourth-order valence-corrected chi connectivity index (χ4v) is 5.34. The molecule has 1 aliphatic heterocycles. The van der Waals surface area contributed by atoms with Gasteiger partial charge in [0.15, 0.2) is 0 Å². The van der Waals surface area contributed by atoms with Gasteiger partial charge in [-0.25, -0.2) is 4.39 Å². The minimum absolute atomic E-state index is 0.0348. The van der Waals surface area contributed by atoms with E-state index in [1.807, 2.05) is 18.2 Å². The second-order valence-corrected chi connectivity index (χ2v) is 9.31. The van der Waals surface area contributed by atoms with E-state index in [-0.39, 0.29) is 5.92 Å². The van der Waals surface area contributed by atoms with Crippen LogP contribution in [0.5, 0.6) is 0 Å².